The first kappa shape index (κ1) is 23.2. The van der Waals surface area contributed by atoms with Gasteiger partial charge in [0, 0.05) is 32.7 Å². The van der Waals surface area contributed by atoms with Crippen LogP contribution in [0.5, 0.6) is 5.75 Å². The first-order chi connectivity index (χ1) is 12.6. The number of guanidine groups is 1. The van der Waals surface area contributed by atoms with Gasteiger partial charge >= 0.3 is 0 Å². The molecular formula is C20H27FIN3O2. The van der Waals surface area contributed by atoms with E-state index in [-0.39, 0.29) is 29.8 Å². The molecule has 0 atom stereocenters. The topological polar surface area (TPSA) is 46.1 Å². The molecule has 0 radical (unpaired) electrons. The zero-order valence-electron chi connectivity index (χ0n) is 15.9. The molecule has 0 aliphatic rings. The summed E-state index contributed by atoms with van der Waals surface area (Å²) in [6.07, 6.45) is 0. The van der Waals surface area contributed by atoms with Crippen molar-refractivity contribution in [1.29, 1.82) is 0 Å². The van der Waals surface area contributed by atoms with Gasteiger partial charge in [0.15, 0.2) is 5.96 Å². The van der Waals surface area contributed by atoms with Crippen molar-refractivity contribution in [2.45, 2.75) is 13.2 Å². The van der Waals surface area contributed by atoms with Crippen molar-refractivity contribution in [3.8, 4) is 5.75 Å². The van der Waals surface area contributed by atoms with E-state index >= 15 is 0 Å². The Morgan fingerprint density at radius 1 is 1.19 bits per heavy atom. The molecule has 148 valence electrons. The highest BCUT2D eigenvalue weighted by atomic mass is 127. The van der Waals surface area contributed by atoms with E-state index in [1.807, 2.05) is 42.3 Å². The minimum absolute atomic E-state index is 0. The number of methoxy groups -OCH3 is 1. The second-order valence-electron chi connectivity index (χ2n) is 5.82. The molecule has 0 fully saturated rings. The van der Waals surface area contributed by atoms with Gasteiger partial charge in [-0.05, 0) is 23.8 Å². The predicted octanol–water partition coefficient (Wildman–Crippen LogP) is 3.68. The number of benzene rings is 2. The number of hydrogen-bond donors (Lipinski definition) is 1. The molecule has 1 N–H and O–H groups in total. The summed E-state index contributed by atoms with van der Waals surface area (Å²) in [6.45, 7) is 2.21. The lowest BCUT2D eigenvalue weighted by Crippen LogP contribution is -2.39. The number of para-hydroxylation sites is 1. The fraction of sp³-hybridized carbons (Fsp3) is 0.350. The number of nitrogens with zero attached hydrogens (tertiary/aromatic N) is 2. The van der Waals surface area contributed by atoms with Crippen LogP contribution in [0.1, 0.15) is 11.1 Å². The molecule has 0 saturated carbocycles. The van der Waals surface area contributed by atoms with Crippen molar-refractivity contribution >= 4 is 29.9 Å². The number of hydrogen-bond acceptors (Lipinski definition) is 3. The molecule has 0 unspecified atom stereocenters. The summed E-state index contributed by atoms with van der Waals surface area (Å²) in [4.78, 5) is 6.19. The van der Waals surface area contributed by atoms with E-state index < -0.39 is 0 Å². The number of nitrogens with one attached hydrogen (secondary N) is 1. The van der Waals surface area contributed by atoms with Crippen LogP contribution in [-0.4, -0.2) is 45.2 Å². The molecular weight excluding hydrogens is 460 g/mol. The van der Waals surface area contributed by atoms with Gasteiger partial charge in [-0.15, -0.1) is 24.0 Å². The molecule has 27 heavy (non-hydrogen) atoms. The van der Waals surface area contributed by atoms with E-state index in [0.29, 0.717) is 26.3 Å². The Balaban J connectivity index is 0.00000364. The van der Waals surface area contributed by atoms with Crippen LogP contribution in [0.2, 0.25) is 0 Å². The second kappa shape index (κ2) is 12.5. The molecule has 0 aliphatic carbocycles. The minimum Gasteiger partial charge on any atom is -0.496 e. The van der Waals surface area contributed by atoms with Gasteiger partial charge < -0.3 is 19.7 Å². The summed E-state index contributed by atoms with van der Waals surface area (Å²) in [6, 6.07) is 14.4. The summed E-state index contributed by atoms with van der Waals surface area (Å²) < 4.78 is 24.3. The highest BCUT2D eigenvalue weighted by Crippen LogP contribution is 2.17. The normalized spacial score (nSPS) is 10.9. The number of aliphatic imine (C=N–C) groups is 1. The van der Waals surface area contributed by atoms with E-state index in [2.05, 4.69) is 10.3 Å². The van der Waals surface area contributed by atoms with Crippen molar-refractivity contribution in [1.82, 2.24) is 10.2 Å². The van der Waals surface area contributed by atoms with Crippen molar-refractivity contribution in [2.24, 2.45) is 4.99 Å². The second-order valence-corrected chi connectivity index (χ2v) is 5.82. The van der Waals surface area contributed by atoms with Crippen LogP contribution in [0.25, 0.3) is 0 Å². The zero-order valence-corrected chi connectivity index (χ0v) is 18.3. The van der Waals surface area contributed by atoms with E-state index in [4.69, 9.17) is 9.47 Å². The average molecular weight is 487 g/mol. The van der Waals surface area contributed by atoms with Gasteiger partial charge in [-0.25, -0.2) is 4.39 Å². The molecule has 0 bridgehead atoms. The molecule has 0 spiro atoms. The molecule has 0 heterocycles. The van der Waals surface area contributed by atoms with Crippen molar-refractivity contribution < 1.29 is 13.9 Å². The lowest BCUT2D eigenvalue weighted by atomic mass is 10.2. The van der Waals surface area contributed by atoms with Crippen LogP contribution in [0.15, 0.2) is 53.5 Å². The molecule has 2 aromatic rings. The van der Waals surface area contributed by atoms with Gasteiger partial charge in [0.2, 0.25) is 0 Å². The lowest BCUT2D eigenvalue weighted by Gasteiger charge is -2.22. The van der Waals surface area contributed by atoms with Gasteiger partial charge in [-0.1, -0.05) is 30.3 Å². The van der Waals surface area contributed by atoms with Crippen LogP contribution in [0.3, 0.4) is 0 Å². The third kappa shape index (κ3) is 7.72. The number of rotatable bonds is 8. The average Bonchev–Trinajstić information content (AvgIpc) is 2.65. The lowest BCUT2D eigenvalue weighted by molar-refractivity contribution is 0.123. The van der Waals surface area contributed by atoms with Crippen LogP contribution in [0.4, 0.5) is 4.39 Å². The van der Waals surface area contributed by atoms with E-state index in [1.54, 1.807) is 20.2 Å². The van der Waals surface area contributed by atoms with E-state index in [9.17, 15) is 4.39 Å². The fourth-order valence-electron chi connectivity index (χ4n) is 2.61. The van der Waals surface area contributed by atoms with Gasteiger partial charge in [-0.3, -0.25) is 4.99 Å². The van der Waals surface area contributed by atoms with Crippen molar-refractivity contribution in [3.05, 3.63) is 65.5 Å². The van der Waals surface area contributed by atoms with Gasteiger partial charge in [0.25, 0.3) is 0 Å². The Kier molecular flexibility index (Phi) is 10.7. The molecule has 0 aromatic heterocycles. The molecule has 7 heteroatoms. The maximum absolute atomic E-state index is 13.3. The third-order valence-electron chi connectivity index (χ3n) is 3.86. The molecule has 5 nitrogen and oxygen atoms in total. The number of halogens is 2. The Labute approximate surface area is 177 Å². The van der Waals surface area contributed by atoms with E-state index in [1.165, 1.54) is 12.1 Å². The summed E-state index contributed by atoms with van der Waals surface area (Å²) >= 11 is 0. The monoisotopic (exact) mass is 487 g/mol. The van der Waals surface area contributed by atoms with Crippen molar-refractivity contribution in [3.63, 3.8) is 0 Å². The Bertz CT molecular complexity index is 728. The quantitative estimate of drug-likeness (QED) is 0.267. The summed E-state index contributed by atoms with van der Waals surface area (Å²) in [7, 11) is 5.29. The first-order valence-corrected chi connectivity index (χ1v) is 8.50. The van der Waals surface area contributed by atoms with Crippen LogP contribution in [0, 0.1) is 5.82 Å². The predicted molar refractivity (Wildman–Crippen MR) is 117 cm³/mol. The van der Waals surface area contributed by atoms with Gasteiger partial charge in [0.05, 0.1) is 20.3 Å². The summed E-state index contributed by atoms with van der Waals surface area (Å²) in [5, 5.41) is 3.24. The third-order valence-corrected chi connectivity index (χ3v) is 3.86. The molecule has 0 amide bonds. The summed E-state index contributed by atoms with van der Waals surface area (Å²) in [5.41, 5.74) is 1.91. The molecule has 2 aromatic carbocycles. The summed E-state index contributed by atoms with van der Waals surface area (Å²) in [5.74, 6) is 1.32. The van der Waals surface area contributed by atoms with Gasteiger partial charge in [0.1, 0.15) is 11.6 Å². The largest absolute Gasteiger partial charge is 0.496 e. The number of ether oxygens (including phenoxy) is 2. The molecule has 0 saturated heterocycles. The SMILES string of the molecule is CN=C(NCCOCc1ccccc1OC)N(C)Cc1cccc(F)c1.I. The fourth-order valence-corrected chi connectivity index (χ4v) is 2.61. The van der Waals surface area contributed by atoms with E-state index in [0.717, 1.165) is 22.8 Å². The minimum atomic E-state index is -0.233. The van der Waals surface area contributed by atoms with Gasteiger partial charge in [-0.2, -0.15) is 0 Å². The maximum atomic E-state index is 13.3. The van der Waals surface area contributed by atoms with Crippen LogP contribution >= 0.6 is 24.0 Å². The first-order valence-electron chi connectivity index (χ1n) is 8.50. The smallest absolute Gasteiger partial charge is 0.193 e. The van der Waals surface area contributed by atoms with Crippen LogP contribution < -0.4 is 10.1 Å². The maximum Gasteiger partial charge on any atom is 0.193 e. The standard InChI is InChI=1S/C20H26FN3O2.HI/c1-22-20(24(2)14-16-7-6-9-18(21)13-16)23-11-12-26-15-17-8-4-5-10-19(17)25-3;/h4-10,13H,11-12,14-15H2,1-3H3,(H,22,23);1H. The van der Waals surface area contributed by atoms with Crippen molar-refractivity contribution in [2.75, 3.05) is 34.4 Å². The highest BCUT2D eigenvalue weighted by Gasteiger charge is 2.07. The molecule has 0 aliphatic heterocycles. The highest BCUT2D eigenvalue weighted by molar-refractivity contribution is 14.0. The Morgan fingerprint density at radius 2 is 1.96 bits per heavy atom. The molecule has 2 rings (SSSR count). The Hall–Kier alpha value is -1.87. The Morgan fingerprint density at radius 3 is 2.67 bits per heavy atom. The van der Waals surface area contributed by atoms with Crippen LogP contribution in [-0.2, 0) is 17.9 Å². The zero-order chi connectivity index (χ0) is 18.8.